The number of nitrogens with zero attached hydrogens (tertiary/aromatic N) is 2. The molecule has 0 atom stereocenters. The smallest absolute Gasteiger partial charge is 0.307 e. The van der Waals surface area contributed by atoms with Crippen LogP contribution >= 0.6 is 0 Å². The predicted molar refractivity (Wildman–Crippen MR) is 97.7 cm³/mol. The maximum Gasteiger partial charge on any atom is 0.307 e. The van der Waals surface area contributed by atoms with E-state index < -0.39 is 0 Å². The first-order chi connectivity index (χ1) is 12.2. The van der Waals surface area contributed by atoms with Crippen LogP contribution in [0.25, 0.3) is 0 Å². The molecule has 1 aromatic rings. The quantitative estimate of drug-likeness (QED) is 0.538. The number of rotatable bonds is 8. The first-order valence-corrected chi connectivity index (χ1v) is 9.12. The molecule has 1 fully saturated rings. The summed E-state index contributed by atoms with van der Waals surface area (Å²) in [5.74, 6) is 0.344. The number of benzene rings is 1. The van der Waals surface area contributed by atoms with Gasteiger partial charge in [-0.05, 0) is 49.9 Å². The van der Waals surface area contributed by atoms with Crippen LogP contribution in [0.2, 0.25) is 0 Å². The molecule has 1 aliphatic carbocycles. The molecule has 1 amide bonds. The third-order valence-corrected chi connectivity index (χ3v) is 4.65. The molecule has 0 radical (unpaired) electrons. The van der Waals surface area contributed by atoms with Gasteiger partial charge in [0.05, 0.1) is 13.0 Å². The molecule has 1 heterocycles. The first kappa shape index (κ1) is 17.5. The van der Waals surface area contributed by atoms with Gasteiger partial charge in [-0.25, -0.2) is 0 Å². The highest BCUT2D eigenvalue weighted by atomic mass is 16.5. The van der Waals surface area contributed by atoms with E-state index >= 15 is 0 Å². The van der Waals surface area contributed by atoms with Crippen molar-refractivity contribution in [3.05, 3.63) is 42.0 Å². The van der Waals surface area contributed by atoms with Crippen LogP contribution in [0.4, 0.5) is 5.69 Å². The van der Waals surface area contributed by atoms with Crippen molar-refractivity contribution in [1.82, 2.24) is 4.90 Å². The van der Waals surface area contributed by atoms with E-state index in [1.807, 2.05) is 24.3 Å². The van der Waals surface area contributed by atoms with Gasteiger partial charge in [-0.2, -0.15) is 0 Å². The molecule has 0 spiro atoms. The van der Waals surface area contributed by atoms with Gasteiger partial charge < -0.3 is 14.5 Å². The summed E-state index contributed by atoms with van der Waals surface area (Å²) >= 11 is 0. The Morgan fingerprint density at radius 3 is 2.44 bits per heavy atom. The van der Waals surface area contributed by atoms with Crippen LogP contribution in [0.5, 0.6) is 0 Å². The second-order valence-corrected chi connectivity index (χ2v) is 6.67. The zero-order chi connectivity index (χ0) is 17.6. The number of carbonyl (C=O) groups excluding carboxylic acids is 2. The van der Waals surface area contributed by atoms with Crippen molar-refractivity contribution in [3.8, 4) is 0 Å². The Balaban J connectivity index is 1.62. The summed E-state index contributed by atoms with van der Waals surface area (Å²) in [4.78, 5) is 28.5. The molecule has 0 unspecified atom stereocenters. The minimum atomic E-state index is -0.243. The van der Waals surface area contributed by atoms with Gasteiger partial charge >= 0.3 is 5.97 Å². The van der Waals surface area contributed by atoms with Crippen molar-refractivity contribution < 1.29 is 14.3 Å². The third-order valence-electron chi connectivity index (χ3n) is 4.65. The molecule has 25 heavy (non-hydrogen) atoms. The number of hydrogen-bond acceptors (Lipinski definition) is 4. The van der Waals surface area contributed by atoms with Crippen molar-refractivity contribution in [3.63, 3.8) is 0 Å². The normalized spacial score (nSPS) is 16.1. The molecule has 5 nitrogen and oxygen atoms in total. The molecular weight excluding hydrogens is 316 g/mol. The molecule has 3 rings (SSSR count). The van der Waals surface area contributed by atoms with Crippen molar-refractivity contribution in [1.29, 1.82) is 0 Å². The van der Waals surface area contributed by atoms with E-state index in [9.17, 15) is 9.59 Å². The Hall–Kier alpha value is -2.30. The molecule has 134 valence electrons. The highest BCUT2D eigenvalue weighted by molar-refractivity contribution is 5.94. The van der Waals surface area contributed by atoms with Crippen LogP contribution in [0, 0.1) is 5.92 Å². The maximum atomic E-state index is 12.9. The zero-order valence-corrected chi connectivity index (χ0v) is 14.8. The summed E-state index contributed by atoms with van der Waals surface area (Å²) in [7, 11) is 0. The second-order valence-electron chi connectivity index (χ2n) is 6.67. The lowest BCUT2D eigenvalue weighted by molar-refractivity contribution is -0.143. The molecular formula is C20H26N2O3. The van der Waals surface area contributed by atoms with Crippen LogP contribution in [0.15, 0.2) is 36.4 Å². The van der Waals surface area contributed by atoms with Gasteiger partial charge in [-0.15, -0.1) is 0 Å². The molecule has 5 heteroatoms. The van der Waals surface area contributed by atoms with Gasteiger partial charge in [0.1, 0.15) is 0 Å². The lowest BCUT2D eigenvalue weighted by Gasteiger charge is -2.23. The van der Waals surface area contributed by atoms with Crippen molar-refractivity contribution >= 4 is 17.6 Å². The largest absolute Gasteiger partial charge is 0.466 e. The SMILES string of the molecule is CCOC(=O)CCN(CC1CC1)C(=O)c1ccc(N2CC=CC2)cc1. The van der Waals surface area contributed by atoms with E-state index in [1.54, 1.807) is 11.8 Å². The highest BCUT2D eigenvalue weighted by Gasteiger charge is 2.27. The number of esters is 1. The molecule has 0 aromatic heterocycles. The Kier molecular flexibility index (Phi) is 5.74. The lowest BCUT2D eigenvalue weighted by Crippen LogP contribution is -2.35. The molecule has 1 aliphatic heterocycles. The van der Waals surface area contributed by atoms with Crippen molar-refractivity contribution in [2.45, 2.75) is 26.2 Å². The van der Waals surface area contributed by atoms with Crippen LogP contribution in [-0.4, -0.2) is 49.6 Å². The third kappa shape index (κ3) is 4.84. The number of anilines is 1. The molecule has 0 bridgehead atoms. The van der Waals surface area contributed by atoms with E-state index in [0.29, 0.717) is 24.6 Å². The molecule has 1 aromatic carbocycles. The summed E-state index contributed by atoms with van der Waals surface area (Å²) < 4.78 is 4.98. The van der Waals surface area contributed by atoms with Crippen molar-refractivity contribution in [2.75, 3.05) is 37.7 Å². The van der Waals surface area contributed by atoms with Gasteiger partial charge in [-0.1, -0.05) is 12.2 Å². The maximum absolute atomic E-state index is 12.9. The number of ether oxygens (including phenoxy) is 1. The number of amides is 1. The highest BCUT2D eigenvalue weighted by Crippen LogP contribution is 2.30. The molecule has 0 saturated heterocycles. The van der Waals surface area contributed by atoms with Crippen molar-refractivity contribution in [2.24, 2.45) is 5.92 Å². The Morgan fingerprint density at radius 2 is 1.84 bits per heavy atom. The van der Waals surface area contributed by atoms with E-state index in [0.717, 1.165) is 25.3 Å². The average molecular weight is 342 g/mol. The van der Waals surface area contributed by atoms with E-state index in [4.69, 9.17) is 4.74 Å². The first-order valence-electron chi connectivity index (χ1n) is 9.12. The summed E-state index contributed by atoms with van der Waals surface area (Å²) in [5.41, 5.74) is 1.81. The van der Waals surface area contributed by atoms with E-state index in [2.05, 4.69) is 17.1 Å². The van der Waals surface area contributed by atoms with Crippen LogP contribution in [0.3, 0.4) is 0 Å². The summed E-state index contributed by atoms with van der Waals surface area (Å²) in [6, 6.07) is 7.78. The minimum Gasteiger partial charge on any atom is -0.466 e. The van der Waals surface area contributed by atoms with Gasteiger partial charge in [-0.3, -0.25) is 9.59 Å². The summed E-state index contributed by atoms with van der Waals surface area (Å²) in [6.07, 6.45) is 6.88. The fraction of sp³-hybridized carbons (Fsp3) is 0.500. The number of carbonyl (C=O) groups is 2. The van der Waals surface area contributed by atoms with Gasteiger partial charge in [0.25, 0.3) is 5.91 Å². The standard InChI is InChI=1S/C20H26N2O3/c1-2-25-19(23)11-14-22(15-16-5-6-16)20(24)17-7-9-18(10-8-17)21-12-3-4-13-21/h3-4,7-10,16H,2,5-6,11-15H2,1H3. The number of hydrogen-bond donors (Lipinski definition) is 0. The van der Waals surface area contributed by atoms with E-state index in [1.165, 1.54) is 12.8 Å². The summed E-state index contributed by atoms with van der Waals surface area (Å²) in [6.45, 7) is 5.16. The van der Waals surface area contributed by atoms with Crippen LogP contribution in [0.1, 0.15) is 36.5 Å². The van der Waals surface area contributed by atoms with E-state index in [-0.39, 0.29) is 18.3 Å². The lowest BCUT2D eigenvalue weighted by atomic mass is 10.1. The van der Waals surface area contributed by atoms with Crippen LogP contribution < -0.4 is 4.90 Å². The zero-order valence-electron chi connectivity index (χ0n) is 14.8. The Bertz CT molecular complexity index is 627. The fourth-order valence-electron chi connectivity index (χ4n) is 3.03. The second kappa shape index (κ2) is 8.19. The minimum absolute atomic E-state index is 0.00213. The molecule has 1 saturated carbocycles. The van der Waals surface area contributed by atoms with Gasteiger partial charge in [0, 0.05) is 37.4 Å². The fourth-order valence-corrected chi connectivity index (χ4v) is 3.03. The van der Waals surface area contributed by atoms with Gasteiger partial charge in [0.2, 0.25) is 0 Å². The van der Waals surface area contributed by atoms with Gasteiger partial charge in [0.15, 0.2) is 0 Å². The topological polar surface area (TPSA) is 49.9 Å². The monoisotopic (exact) mass is 342 g/mol. The van der Waals surface area contributed by atoms with Crippen LogP contribution in [-0.2, 0) is 9.53 Å². The average Bonchev–Trinajstić information content (AvgIpc) is 3.28. The predicted octanol–water partition coefficient (Wildman–Crippen LogP) is 2.87. The molecule has 2 aliphatic rings. The Labute approximate surface area is 149 Å². The summed E-state index contributed by atoms with van der Waals surface area (Å²) in [5, 5.41) is 0. The molecule has 0 N–H and O–H groups in total. The Morgan fingerprint density at radius 1 is 1.16 bits per heavy atom.